The van der Waals surface area contributed by atoms with E-state index < -0.39 is 0 Å². The molecule has 0 amide bonds. The van der Waals surface area contributed by atoms with Crippen LogP contribution in [0.15, 0.2) is 42.9 Å². The van der Waals surface area contributed by atoms with Gasteiger partial charge in [0.2, 0.25) is 5.95 Å². The van der Waals surface area contributed by atoms with Crippen molar-refractivity contribution in [3.63, 3.8) is 0 Å². The van der Waals surface area contributed by atoms with Crippen molar-refractivity contribution in [3.05, 3.63) is 42.9 Å². The monoisotopic (exact) mass is 488 g/mol. The fourth-order valence-corrected chi connectivity index (χ4v) is 5.35. The Kier molecular flexibility index (Phi) is 5.78. The van der Waals surface area contributed by atoms with Crippen LogP contribution in [0.3, 0.4) is 0 Å². The minimum Gasteiger partial charge on any atom is -0.507 e. The highest BCUT2D eigenvalue weighted by Crippen LogP contribution is 2.34. The maximum Gasteiger partial charge on any atom is 0.245 e. The molecule has 10 nitrogen and oxygen atoms in total. The van der Waals surface area contributed by atoms with Gasteiger partial charge in [-0.2, -0.15) is 5.10 Å². The molecule has 1 aromatic carbocycles. The molecule has 10 heteroatoms. The van der Waals surface area contributed by atoms with Gasteiger partial charge >= 0.3 is 0 Å². The first-order valence-corrected chi connectivity index (χ1v) is 12.0. The van der Waals surface area contributed by atoms with E-state index in [9.17, 15) is 5.11 Å². The Morgan fingerprint density at radius 1 is 1.06 bits per heavy atom. The van der Waals surface area contributed by atoms with E-state index in [1.165, 1.54) is 0 Å². The number of phenols is 1. The number of anilines is 1. The van der Waals surface area contributed by atoms with Gasteiger partial charge < -0.3 is 20.1 Å². The molecule has 3 aromatic heterocycles. The largest absolute Gasteiger partial charge is 0.507 e. The van der Waals surface area contributed by atoms with Crippen LogP contribution >= 0.6 is 0 Å². The number of piperidine rings is 1. The van der Waals surface area contributed by atoms with E-state index in [0.717, 1.165) is 18.4 Å². The molecule has 0 bridgehead atoms. The molecule has 2 N–H and O–H groups in total. The number of aromatic nitrogens is 6. The number of hydrogen-bond acceptors (Lipinski definition) is 9. The Bertz CT molecular complexity index is 1380. The molecule has 0 saturated carbocycles. The summed E-state index contributed by atoms with van der Waals surface area (Å²) in [4.78, 5) is 10.9. The van der Waals surface area contributed by atoms with E-state index in [0.29, 0.717) is 34.3 Å². The average molecular weight is 489 g/mol. The van der Waals surface area contributed by atoms with Gasteiger partial charge in [-0.25, -0.2) is 14.5 Å². The first-order valence-electron chi connectivity index (χ1n) is 12.0. The molecule has 1 aliphatic heterocycles. The second kappa shape index (κ2) is 8.70. The summed E-state index contributed by atoms with van der Waals surface area (Å²) in [5.41, 5.74) is 3.09. The lowest BCUT2D eigenvalue weighted by Crippen LogP contribution is -2.62. The summed E-state index contributed by atoms with van der Waals surface area (Å²) >= 11 is 0. The minimum atomic E-state index is 0.0167. The number of benzene rings is 1. The molecule has 4 aromatic rings. The van der Waals surface area contributed by atoms with Gasteiger partial charge in [-0.3, -0.25) is 0 Å². The summed E-state index contributed by atoms with van der Waals surface area (Å²) < 4.78 is 7.10. The van der Waals surface area contributed by atoms with Crippen molar-refractivity contribution in [2.24, 2.45) is 0 Å². The van der Waals surface area contributed by atoms with Crippen molar-refractivity contribution in [1.29, 1.82) is 0 Å². The van der Waals surface area contributed by atoms with Crippen molar-refractivity contribution >= 4 is 11.6 Å². The summed E-state index contributed by atoms with van der Waals surface area (Å²) in [5, 5.41) is 27.9. The fourth-order valence-electron chi connectivity index (χ4n) is 5.35. The highest BCUT2D eigenvalue weighted by Gasteiger charge is 2.39. The van der Waals surface area contributed by atoms with Gasteiger partial charge in [-0.05, 0) is 52.7 Å². The Balaban J connectivity index is 1.39. The van der Waals surface area contributed by atoms with Crippen LogP contribution in [-0.2, 0) is 0 Å². The van der Waals surface area contributed by atoms with E-state index in [4.69, 9.17) is 4.74 Å². The summed E-state index contributed by atoms with van der Waals surface area (Å²) in [6.45, 7) is 8.90. The number of nitrogens with zero attached hydrogens (tertiary/aromatic N) is 7. The number of aromatic hydroxyl groups is 1. The first-order chi connectivity index (χ1) is 17.0. The van der Waals surface area contributed by atoms with Crippen molar-refractivity contribution in [2.45, 2.75) is 57.7 Å². The maximum absolute atomic E-state index is 10.8. The van der Waals surface area contributed by atoms with Crippen LogP contribution in [0, 0.1) is 0 Å². The van der Waals surface area contributed by atoms with Crippen molar-refractivity contribution in [2.75, 3.05) is 19.1 Å². The zero-order valence-corrected chi connectivity index (χ0v) is 21.5. The van der Waals surface area contributed by atoms with E-state index in [2.05, 4.69) is 63.2 Å². The van der Waals surface area contributed by atoms with Gasteiger partial charge in [0.15, 0.2) is 11.4 Å². The lowest BCUT2D eigenvalue weighted by atomic mass is 9.79. The maximum atomic E-state index is 10.8. The summed E-state index contributed by atoms with van der Waals surface area (Å²) in [5.74, 6) is 1.24. The molecule has 0 radical (unpaired) electrons. The number of rotatable bonds is 5. The van der Waals surface area contributed by atoms with Crippen LogP contribution in [0.2, 0.25) is 0 Å². The van der Waals surface area contributed by atoms with Gasteiger partial charge in [0.05, 0.1) is 19.0 Å². The number of hydrogen-bond donors (Lipinski definition) is 2. The van der Waals surface area contributed by atoms with Crippen molar-refractivity contribution < 1.29 is 9.84 Å². The summed E-state index contributed by atoms with van der Waals surface area (Å²) in [6.07, 6.45) is 7.02. The van der Waals surface area contributed by atoms with Crippen LogP contribution in [0.1, 0.15) is 40.5 Å². The second-order valence-corrected chi connectivity index (χ2v) is 10.7. The van der Waals surface area contributed by atoms with Crippen LogP contribution in [-0.4, -0.2) is 66.2 Å². The quantitative estimate of drug-likeness (QED) is 0.434. The van der Waals surface area contributed by atoms with E-state index >= 15 is 0 Å². The van der Waals surface area contributed by atoms with Crippen molar-refractivity contribution in [3.8, 4) is 34.0 Å². The SMILES string of the molecule is COc1cc(-c2ccc(-c3cnc(N(C)C4CC(C)(C)NC(C)(C)C4)nn3)c(O)c2)nn2ccnc12. The highest BCUT2D eigenvalue weighted by atomic mass is 16.5. The van der Waals surface area contributed by atoms with Gasteiger partial charge in [-0.15, -0.1) is 10.2 Å². The molecule has 4 heterocycles. The molecule has 188 valence electrons. The Hall–Kier alpha value is -3.79. The van der Waals surface area contributed by atoms with Crippen LogP contribution < -0.4 is 15.0 Å². The zero-order chi connectivity index (χ0) is 25.7. The number of ether oxygens (including phenoxy) is 1. The second-order valence-electron chi connectivity index (χ2n) is 10.7. The number of phenolic OH excluding ortho intramolecular Hbond substituents is 1. The molecule has 0 unspecified atom stereocenters. The van der Waals surface area contributed by atoms with Gasteiger partial charge in [0, 0.05) is 53.8 Å². The molecule has 0 aliphatic carbocycles. The predicted octanol–water partition coefficient (Wildman–Crippen LogP) is 3.71. The number of methoxy groups -OCH3 is 1. The Morgan fingerprint density at radius 2 is 1.81 bits per heavy atom. The first kappa shape index (κ1) is 23.9. The highest BCUT2D eigenvalue weighted by molar-refractivity contribution is 5.74. The Morgan fingerprint density at radius 3 is 2.44 bits per heavy atom. The summed E-state index contributed by atoms with van der Waals surface area (Å²) in [6, 6.07) is 7.41. The standard InChI is InChI=1S/C26H32N8O2/c1-25(2)13-17(14-26(3,4)32-25)33(5)24-28-15-20(29-30-24)18-8-7-16(11-21(18)35)19-12-22(36-6)23-27-9-10-34(23)31-19/h7-12,15,17,32,35H,13-14H2,1-6H3. The van der Waals surface area contributed by atoms with E-state index in [1.807, 2.05) is 13.1 Å². The van der Waals surface area contributed by atoms with Crippen LogP contribution in [0.5, 0.6) is 11.5 Å². The van der Waals surface area contributed by atoms with Crippen LogP contribution in [0.4, 0.5) is 5.95 Å². The normalized spacial score (nSPS) is 17.3. The lowest BCUT2D eigenvalue weighted by Gasteiger charge is -2.48. The number of imidazole rings is 1. The average Bonchev–Trinajstić information content (AvgIpc) is 3.30. The Labute approximate surface area is 210 Å². The lowest BCUT2D eigenvalue weighted by molar-refractivity contribution is 0.160. The van der Waals surface area contributed by atoms with Gasteiger partial charge in [-0.1, -0.05) is 6.07 Å². The molecule has 0 spiro atoms. The molecule has 1 saturated heterocycles. The number of nitrogens with one attached hydrogen (secondary N) is 1. The van der Waals surface area contributed by atoms with Gasteiger partial charge in [0.1, 0.15) is 11.4 Å². The van der Waals surface area contributed by atoms with Crippen LogP contribution in [0.25, 0.3) is 28.2 Å². The topological polar surface area (TPSA) is 114 Å². The molecular weight excluding hydrogens is 456 g/mol. The molecule has 5 rings (SSSR count). The predicted molar refractivity (Wildman–Crippen MR) is 138 cm³/mol. The fraction of sp³-hybridized carbons (Fsp3) is 0.423. The molecular formula is C26H32N8O2. The minimum absolute atomic E-state index is 0.0167. The summed E-state index contributed by atoms with van der Waals surface area (Å²) in [7, 11) is 3.61. The molecule has 1 aliphatic rings. The third-order valence-corrected chi connectivity index (χ3v) is 6.70. The molecule has 1 fully saturated rings. The van der Waals surface area contributed by atoms with E-state index in [1.54, 1.807) is 48.4 Å². The molecule has 36 heavy (non-hydrogen) atoms. The molecule has 0 atom stereocenters. The third-order valence-electron chi connectivity index (χ3n) is 6.70. The van der Waals surface area contributed by atoms with E-state index in [-0.39, 0.29) is 22.9 Å². The zero-order valence-electron chi connectivity index (χ0n) is 21.5. The third kappa shape index (κ3) is 4.56. The van der Waals surface area contributed by atoms with Gasteiger partial charge in [0.25, 0.3) is 0 Å². The number of fused-ring (bicyclic) bond motifs is 1. The van der Waals surface area contributed by atoms with Crippen molar-refractivity contribution in [1.82, 2.24) is 35.1 Å². The smallest absolute Gasteiger partial charge is 0.245 e.